The Kier molecular flexibility index (Phi) is 1.41. The van der Waals surface area contributed by atoms with E-state index in [1.165, 1.54) is 0 Å². The molecule has 11 heavy (non-hydrogen) atoms. The molecule has 4 heteroatoms. The highest BCUT2D eigenvalue weighted by molar-refractivity contribution is 5.43. The molecule has 1 aliphatic rings. The van der Waals surface area contributed by atoms with Gasteiger partial charge in [0.25, 0.3) is 0 Å². The van der Waals surface area contributed by atoms with Crippen molar-refractivity contribution < 1.29 is 9.68 Å². The van der Waals surface area contributed by atoms with Crippen molar-refractivity contribution in [2.75, 3.05) is 0 Å². The van der Waals surface area contributed by atoms with Crippen molar-refractivity contribution in [2.45, 2.75) is 6.54 Å². The molecule has 1 heterocycles. The monoisotopic (exact) mass is 152 g/mol. The number of hydrogen-bond acceptors (Lipinski definition) is 4. The molecule has 0 saturated carbocycles. The van der Waals surface area contributed by atoms with Crippen LogP contribution < -0.4 is 21.1 Å². The Morgan fingerprint density at radius 3 is 2.91 bits per heavy atom. The Balaban J connectivity index is 2.41. The second-order valence-corrected chi connectivity index (χ2v) is 2.27. The molecule has 0 fully saturated rings. The summed E-state index contributed by atoms with van der Waals surface area (Å²) < 4.78 is 0. The van der Waals surface area contributed by atoms with E-state index >= 15 is 0 Å². The number of fused-ring (bicyclic) bond motifs is 1. The van der Waals surface area contributed by atoms with Crippen LogP contribution in [-0.4, -0.2) is 0 Å². The fourth-order valence-corrected chi connectivity index (χ4v) is 0.954. The van der Waals surface area contributed by atoms with Crippen LogP contribution in [0.3, 0.4) is 0 Å². The lowest BCUT2D eigenvalue weighted by Crippen LogP contribution is -2.14. The number of rotatable bonds is 1. The molecule has 0 spiro atoms. The third-order valence-corrected chi connectivity index (χ3v) is 1.55. The molecular formula is C7H8N2O2. The summed E-state index contributed by atoms with van der Waals surface area (Å²) in [6.07, 6.45) is 0. The molecule has 0 amide bonds. The largest absolute Gasteiger partial charge is 0.370 e. The molecule has 4 nitrogen and oxygen atoms in total. The van der Waals surface area contributed by atoms with Crippen molar-refractivity contribution in [1.82, 2.24) is 5.64 Å². The van der Waals surface area contributed by atoms with Crippen molar-refractivity contribution in [3.63, 3.8) is 0 Å². The second-order valence-electron chi connectivity index (χ2n) is 2.27. The maximum Gasteiger partial charge on any atom is 0.196 e. The van der Waals surface area contributed by atoms with E-state index in [9.17, 15) is 0 Å². The van der Waals surface area contributed by atoms with Crippen LogP contribution in [0.5, 0.6) is 11.5 Å². The average molecular weight is 152 g/mol. The van der Waals surface area contributed by atoms with Gasteiger partial charge in [0.15, 0.2) is 11.5 Å². The summed E-state index contributed by atoms with van der Waals surface area (Å²) in [6.45, 7) is 0.511. The lowest BCUT2D eigenvalue weighted by Gasteiger charge is -1.96. The minimum Gasteiger partial charge on any atom is -0.370 e. The van der Waals surface area contributed by atoms with Crippen molar-refractivity contribution in [1.29, 1.82) is 0 Å². The fourth-order valence-electron chi connectivity index (χ4n) is 0.954. The summed E-state index contributed by atoms with van der Waals surface area (Å²) in [6, 6.07) is 5.56. The van der Waals surface area contributed by atoms with Crippen LogP contribution in [0, 0.1) is 0 Å². The Labute approximate surface area is 63.8 Å². The first-order valence-electron chi connectivity index (χ1n) is 3.32. The van der Waals surface area contributed by atoms with Gasteiger partial charge in [0.2, 0.25) is 0 Å². The third kappa shape index (κ3) is 1.02. The highest BCUT2D eigenvalue weighted by atomic mass is 16.9. The van der Waals surface area contributed by atoms with Gasteiger partial charge in [0, 0.05) is 12.2 Å². The van der Waals surface area contributed by atoms with Gasteiger partial charge in [-0.25, -0.2) is 0 Å². The van der Waals surface area contributed by atoms with Gasteiger partial charge in [-0.15, -0.1) is 0 Å². The molecule has 0 aliphatic carbocycles. The molecule has 1 aliphatic heterocycles. The molecular weight excluding hydrogens is 144 g/mol. The molecule has 2 rings (SSSR count). The van der Waals surface area contributed by atoms with Crippen molar-refractivity contribution in [3.8, 4) is 11.5 Å². The molecule has 0 bridgehead atoms. The van der Waals surface area contributed by atoms with Crippen LogP contribution >= 0.6 is 0 Å². The normalized spacial score (nSPS) is 13.5. The SMILES string of the molecule is NCc1ccc2c(c1)ONO2. The standard InChI is InChI=1S/C7H8N2O2/c8-4-5-1-2-6-7(3-5)11-9-10-6/h1-3,9H,4,8H2. The van der Waals surface area contributed by atoms with Gasteiger partial charge in [-0.3, -0.25) is 0 Å². The molecule has 0 unspecified atom stereocenters. The van der Waals surface area contributed by atoms with Gasteiger partial charge < -0.3 is 15.4 Å². The van der Waals surface area contributed by atoms with Gasteiger partial charge in [0.1, 0.15) is 0 Å². The second kappa shape index (κ2) is 2.41. The number of benzene rings is 1. The Hall–Kier alpha value is -1.26. The summed E-state index contributed by atoms with van der Waals surface area (Å²) in [4.78, 5) is 9.80. The van der Waals surface area contributed by atoms with Gasteiger partial charge in [-0.2, -0.15) is 0 Å². The Morgan fingerprint density at radius 2 is 2.09 bits per heavy atom. The topological polar surface area (TPSA) is 56.5 Å². The lowest BCUT2D eigenvalue weighted by molar-refractivity contribution is 0.0259. The quantitative estimate of drug-likeness (QED) is 0.609. The molecule has 0 aromatic heterocycles. The zero-order chi connectivity index (χ0) is 7.68. The molecule has 0 saturated heterocycles. The van der Waals surface area contributed by atoms with Crippen molar-refractivity contribution >= 4 is 0 Å². The summed E-state index contributed by atoms with van der Waals surface area (Å²) in [5.74, 6) is 1.38. The van der Waals surface area contributed by atoms with E-state index in [2.05, 4.69) is 5.64 Å². The molecule has 1 aromatic carbocycles. The van der Waals surface area contributed by atoms with Crippen molar-refractivity contribution in [2.24, 2.45) is 5.73 Å². The van der Waals surface area contributed by atoms with Crippen LogP contribution in [-0.2, 0) is 6.54 Å². The van der Waals surface area contributed by atoms with E-state index in [4.69, 9.17) is 15.4 Å². The first kappa shape index (κ1) is 6.45. The highest BCUT2D eigenvalue weighted by Crippen LogP contribution is 2.30. The molecule has 1 aromatic rings. The molecule has 58 valence electrons. The van der Waals surface area contributed by atoms with Gasteiger partial charge in [0.05, 0.1) is 0 Å². The highest BCUT2D eigenvalue weighted by Gasteiger charge is 2.12. The Bertz CT molecular complexity index is 275. The minimum atomic E-state index is 0.511. The van der Waals surface area contributed by atoms with Crippen molar-refractivity contribution in [3.05, 3.63) is 23.8 Å². The third-order valence-electron chi connectivity index (χ3n) is 1.55. The van der Waals surface area contributed by atoms with E-state index in [1.54, 1.807) is 0 Å². The Morgan fingerprint density at radius 1 is 1.27 bits per heavy atom. The van der Waals surface area contributed by atoms with Gasteiger partial charge in [-0.1, -0.05) is 6.07 Å². The number of nitrogens with one attached hydrogen (secondary N) is 1. The summed E-state index contributed by atoms with van der Waals surface area (Å²) in [5, 5.41) is 0. The van der Waals surface area contributed by atoms with E-state index in [0.29, 0.717) is 18.0 Å². The fraction of sp³-hybridized carbons (Fsp3) is 0.143. The van der Waals surface area contributed by atoms with Gasteiger partial charge >= 0.3 is 0 Å². The average Bonchev–Trinajstić information content (AvgIpc) is 2.50. The summed E-state index contributed by atoms with van der Waals surface area (Å²) in [5.41, 5.74) is 8.75. The zero-order valence-corrected chi connectivity index (χ0v) is 5.83. The van der Waals surface area contributed by atoms with E-state index in [0.717, 1.165) is 5.56 Å². The number of nitrogens with two attached hydrogens (primary N) is 1. The van der Waals surface area contributed by atoms with Crippen LogP contribution in [0.2, 0.25) is 0 Å². The predicted molar refractivity (Wildman–Crippen MR) is 38.7 cm³/mol. The van der Waals surface area contributed by atoms with E-state index < -0.39 is 0 Å². The molecule has 0 radical (unpaired) electrons. The number of hydrogen-bond donors (Lipinski definition) is 2. The lowest BCUT2D eigenvalue weighted by atomic mass is 10.2. The van der Waals surface area contributed by atoms with Crippen LogP contribution in [0.1, 0.15) is 5.56 Å². The molecule has 3 N–H and O–H groups in total. The molecule has 0 atom stereocenters. The minimum absolute atomic E-state index is 0.511. The van der Waals surface area contributed by atoms with Crippen LogP contribution in [0.25, 0.3) is 0 Å². The summed E-state index contributed by atoms with van der Waals surface area (Å²) >= 11 is 0. The van der Waals surface area contributed by atoms with E-state index in [-0.39, 0.29) is 0 Å². The van der Waals surface area contributed by atoms with Crippen LogP contribution in [0.4, 0.5) is 0 Å². The zero-order valence-electron chi connectivity index (χ0n) is 5.83. The van der Waals surface area contributed by atoms with Crippen LogP contribution in [0.15, 0.2) is 18.2 Å². The van der Waals surface area contributed by atoms with E-state index in [1.807, 2.05) is 18.2 Å². The predicted octanol–water partition coefficient (Wildman–Crippen LogP) is 0.336. The smallest absolute Gasteiger partial charge is 0.196 e. The maximum absolute atomic E-state index is 5.43. The van der Waals surface area contributed by atoms with Gasteiger partial charge in [-0.05, 0) is 17.7 Å². The maximum atomic E-state index is 5.43. The first-order valence-corrected chi connectivity index (χ1v) is 3.32. The summed E-state index contributed by atoms with van der Waals surface area (Å²) in [7, 11) is 0. The first-order chi connectivity index (χ1) is 5.40.